The van der Waals surface area contributed by atoms with Crippen molar-refractivity contribution in [3.8, 4) is 0 Å². The van der Waals surface area contributed by atoms with Gasteiger partial charge in [0.2, 0.25) is 0 Å². The standard InChI is InChI=1S/C11H18N4/c1-14-6-3-7-15(9-8-14)11-5-2-4-10(12)13-11/h2,4-5H,3,6-9H2,1H3,(H2,12,13). The molecule has 82 valence electrons. The minimum atomic E-state index is 0.602. The normalized spacial score (nSPS) is 18.9. The summed E-state index contributed by atoms with van der Waals surface area (Å²) in [6.07, 6.45) is 1.19. The molecule has 0 radical (unpaired) electrons. The molecule has 1 aliphatic rings. The second kappa shape index (κ2) is 4.49. The van der Waals surface area contributed by atoms with Gasteiger partial charge in [-0.2, -0.15) is 0 Å². The maximum atomic E-state index is 5.68. The second-order valence-corrected chi connectivity index (χ2v) is 4.06. The van der Waals surface area contributed by atoms with Gasteiger partial charge < -0.3 is 15.5 Å². The summed E-state index contributed by atoms with van der Waals surface area (Å²) in [5.41, 5.74) is 5.68. The SMILES string of the molecule is CN1CCCN(c2cccc(N)n2)CC1. The van der Waals surface area contributed by atoms with Crippen molar-refractivity contribution in [3.63, 3.8) is 0 Å². The number of hydrogen-bond donors (Lipinski definition) is 1. The van der Waals surface area contributed by atoms with E-state index in [4.69, 9.17) is 5.73 Å². The molecule has 1 aromatic rings. The van der Waals surface area contributed by atoms with E-state index in [0.29, 0.717) is 5.82 Å². The van der Waals surface area contributed by atoms with Crippen LogP contribution in [-0.2, 0) is 0 Å². The molecule has 0 aromatic carbocycles. The number of anilines is 2. The van der Waals surface area contributed by atoms with Crippen molar-refractivity contribution in [2.75, 3.05) is 43.9 Å². The van der Waals surface area contributed by atoms with E-state index in [9.17, 15) is 0 Å². The molecule has 2 rings (SSSR count). The third-order valence-electron chi connectivity index (χ3n) is 2.80. The van der Waals surface area contributed by atoms with Gasteiger partial charge in [0.1, 0.15) is 11.6 Å². The molecular formula is C11H18N4. The van der Waals surface area contributed by atoms with Crippen molar-refractivity contribution in [2.45, 2.75) is 6.42 Å². The zero-order valence-corrected chi connectivity index (χ0v) is 9.19. The lowest BCUT2D eigenvalue weighted by Crippen LogP contribution is -2.29. The number of pyridine rings is 1. The molecule has 1 fully saturated rings. The van der Waals surface area contributed by atoms with Crippen molar-refractivity contribution in [3.05, 3.63) is 18.2 Å². The monoisotopic (exact) mass is 206 g/mol. The van der Waals surface area contributed by atoms with Crippen molar-refractivity contribution in [1.82, 2.24) is 9.88 Å². The van der Waals surface area contributed by atoms with Crippen molar-refractivity contribution < 1.29 is 0 Å². The van der Waals surface area contributed by atoms with Crippen LogP contribution in [0.25, 0.3) is 0 Å². The summed E-state index contributed by atoms with van der Waals surface area (Å²) in [5.74, 6) is 1.61. The highest BCUT2D eigenvalue weighted by atomic mass is 15.2. The molecule has 1 aliphatic heterocycles. The molecule has 4 nitrogen and oxygen atoms in total. The van der Waals surface area contributed by atoms with Gasteiger partial charge in [0.05, 0.1) is 0 Å². The van der Waals surface area contributed by atoms with Crippen LogP contribution in [0.15, 0.2) is 18.2 Å². The van der Waals surface area contributed by atoms with Gasteiger partial charge in [-0.3, -0.25) is 0 Å². The Labute approximate surface area is 90.7 Å². The lowest BCUT2D eigenvalue weighted by Gasteiger charge is -2.21. The Hall–Kier alpha value is -1.29. The van der Waals surface area contributed by atoms with E-state index >= 15 is 0 Å². The molecule has 0 amide bonds. The molecule has 15 heavy (non-hydrogen) atoms. The average Bonchev–Trinajstić information content (AvgIpc) is 2.43. The third-order valence-corrected chi connectivity index (χ3v) is 2.80. The molecule has 0 unspecified atom stereocenters. The highest BCUT2D eigenvalue weighted by Gasteiger charge is 2.13. The van der Waals surface area contributed by atoms with Crippen LogP contribution in [0.1, 0.15) is 6.42 Å². The van der Waals surface area contributed by atoms with Crippen LogP contribution in [0, 0.1) is 0 Å². The number of nitrogens with zero attached hydrogens (tertiary/aromatic N) is 3. The number of hydrogen-bond acceptors (Lipinski definition) is 4. The van der Waals surface area contributed by atoms with E-state index in [1.807, 2.05) is 18.2 Å². The fraction of sp³-hybridized carbons (Fsp3) is 0.545. The zero-order chi connectivity index (χ0) is 10.7. The van der Waals surface area contributed by atoms with Gasteiger partial charge in [-0.05, 0) is 32.1 Å². The summed E-state index contributed by atoms with van der Waals surface area (Å²) in [5, 5.41) is 0. The number of aromatic nitrogens is 1. The molecule has 2 N–H and O–H groups in total. The Balaban J connectivity index is 2.09. The van der Waals surface area contributed by atoms with Gasteiger partial charge in [-0.25, -0.2) is 4.98 Å². The number of nitrogens with two attached hydrogens (primary N) is 1. The van der Waals surface area contributed by atoms with Crippen LogP contribution in [-0.4, -0.2) is 43.1 Å². The van der Waals surface area contributed by atoms with Crippen molar-refractivity contribution in [1.29, 1.82) is 0 Å². The first-order chi connectivity index (χ1) is 7.25. The van der Waals surface area contributed by atoms with Gasteiger partial charge >= 0.3 is 0 Å². The lowest BCUT2D eigenvalue weighted by atomic mass is 10.3. The molecule has 1 saturated heterocycles. The van der Waals surface area contributed by atoms with E-state index in [0.717, 1.165) is 25.5 Å². The highest BCUT2D eigenvalue weighted by molar-refractivity contribution is 5.44. The summed E-state index contributed by atoms with van der Waals surface area (Å²) in [6.45, 7) is 4.36. The van der Waals surface area contributed by atoms with Crippen LogP contribution in [0.2, 0.25) is 0 Å². The second-order valence-electron chi connectivity index (χ2n) is 4.06. The fourth-order valence-corrected chi connectivity index (χ4v) is 1.89. The van der Waals surface area contributed by atoms with Gasteiger partial charge in [0.15, 0.2) is 0 Å². The average molecular weight is 206 g/mol. The van der Waals surface area contributed by atoms with Crippen LogP contribution in [0.5, 0.6) is 0 Å². The third kappa shape index (κ3) is 2.59. The molecule has 4 heteroatoms. The van der Waals surface area contributed by atoms with E-state index in [2.05, 4.69) is 21.8 Å². The smallest absolute Gasteiger partial charge is 0.130 e. The summed E-state index contributed by atoms with van der Waals surface area (Å²) in [6, 6.07) is 5.82. The topological polar surface area (TPSA) is 45.4 Å². The fourth-order valence-electron chi connectivity index (χ4n) is 1.89. The Morgan fingerprint density at radius 3 is 2.87 bits per heavy atom. The summed E-state index contributed by atoms with van der Waals surface area (Å²) >= 11 is 0. The molecule has 0 spiro atoms. The van der Waals surface area contributed by atoms with E-state index in [-0.39, 0.29) is 0 Å². The minimum absolute atomic E-state index is 0.602. The molecule has 2 heterocycles. The Bertz CT molecular complexity index is 326. The van der Waals surface area contributed by atoms with E-state index in [1.54, 1.807) is 0 Å². The lowest BCUT2D eigenvalue weighted by molar-refractivity contribution is 0.360. The molecule has 0 bridgehead atoms. The largest absolute Gasteiger partial charge is 0.384 e. The maximum absolute atomic E-state index is 5.68. The summed E-state index contributed by atoms with van der Waals surface area (Å²) in [7, 11) is 2.16. The number of rotatable bonds is 1. The van der Waals surface area contributed by atoms with Crippen LogP contribution in [0.4, 0.5) is 11.6 Å². The first-order valence-corrected chi connectivity index (χ1v) is 5.42. The van der Waals surface area contributed by atoms with Crippen molar-refractivity contribution >= 4 is 11.6 Å². The minimum Gasteiger partial charge on any atom is -0.384 e. The predicted octanol–water partition coefficient (Wildman–Crippen LogP) is 0.806. The van der Waals surface area contributed by atoms with Gasteiger partial charge in [-0.1, -0.05) is 6.07 Å². The number of likely N-dealkylation sites (N-methyl/N-ethyl adjacent to an activating group) is 1. The number of nitrogen functional groups attached to an aromatic ring is 1. The van der Waals surface area contributed by atoms with Crippen LogP contribution < -0.4 is 10.6 Å². The summed E-state index contributed by atoms with van der Waals surface area (Å²) in [4.78, 5) is 9.01. The van der Waals surface area contributed by atoms with Gasteiger partial charge in [-0.15, -0.1) is 0 Å². The Kier molecular flexibility index (Phi) is 3.06. The quantitative estimate of drug-likeness (QED) is 0.738. The maximum Gasteiger partial charge on any atom is 0.130 e. The highest BCUT2D eigenvalue weighted by Crippen LogP contribution is 2.14. The predicted molar refractivity (Wildman–Crippen MR) is 63.0 cm³/mol. The van der Waals surface area contributed by atoms with E-state index < -0.39 is 0 Å². The first kappa shape index (κ1) is 10.2. The molecular weight excluding hydrogens is 188 g/mol. The van der Waals surface area contributed by atoms with Crippen molar-refractivity contribution in [2.24, 2.45) is 0 Å². The Morgan fingerprint density at radius 1 is 1.20 bits per heavy atom. The van der Waals surface area contributed by atoms with E-state index in [1.165, 1.54) is 13.0 Å². The van der Waals surface area contributed by atoms with Crippen LogP contribution in [0.3, 0.4) is 0 Å². The van der Waals surface area contributed by atoms with Crippen LogP contribution >= 0.6 is 0 Å². The molecule has 0 aliphatic carbocycles. The summed E-state index contributed by atoms with van der Waals surface area (Å²) < 4.78 is 0. The Morgan fingerprint density at radius 2 is 2.07 bits per heavy atom. The first-order valence-electron chi connectivity index (χ1n) is 5.42. The molecule has 0 atom stereocenters. The van der Waals surface area contributed by atoms with Gasteiger partial charge in [0, 0.05) is 19.6 Å². The zero-order valence-electron chi connectivity index (χ0n) is 9.19. The molecule has 0 saturated carbocycles. The molecule has 1 aromatic heterocycles. The van der Waals surface area contributed by atoms with Gasteiger partial charge in [0.25, 0.3) is 0 Å².